The van der Waals surface area contributed by atoms with Crippen LogP contribution in [0.25, 0.3) is 5.82 Å². The van der Waals surface area contributed by atoms with Crippen LogP contribution in [-0.2, 0) is 0 Å². The van der Waals surface area contributed by atoms with E-state index in [0.717, 1.165) is 43.4 Å². The topological polar surface area (TPSA) is 54.3 Å². The number of likely N-dealkylation sites (tertiary alicyclic amines) is 1. The fraction of sp³-hybridized carbons (Fsp3) is 0.526. The van der Waals surface area contributed by atoms with Crippen LogP contribution >= 0.6 is 17.0 Å². The number of likely N-dealkylation sites (N-methyl/N-ethyl adjacent to an activating group) is 1. The zero-order chi connectivity index (χ0) is 17.8. The second-order valence-corrected chi connectivity index (χ2v) is 6.87. The van der Waals surface area contributed by atoms with Gasteiger partial charge in [-0.2, -0.15) is 5.10 Å². The van der Waals surface area contributed by atoms with E-state index in [2.05, 4.69) is 15.0 Å². The lowest BCUT2D eigenvalue weighted by atomic mass is 10.1. The summed E-state index contributed by atoms with van der Waals surface area (Å²) in [7, 11) is 1.86. The van der Waals surface area contributed by atoms with Crippen molar-refractivity contribution in [3.63, 3.8) is 0 Å². The number of rotatable bonds is 5. The van der Waals surface area contributed by atoms with Crippen molar-refractivity contribution in [2.24, 2.45) is 0 Å². The molecule has 1 saturated heterocycles. The molecule has 1 aliphatic heterocycles. The molecule has 2 aromatic heterocycles. The summed E-state index contributed by atoms with van der Waals surface area (Å²) in [5.74, 6) is 0.752. The van der Waals surface area contributed by atoms with E-state index in [1.807, 2.05) is 39.1 Å². The molecule has 1 amide bonds. The van der Waals surface area contributed by atoms with Crippen LogP contribution in [0.5, 0.6) is 0 Å². The van der Waals surface area contributed by atoms with Gasteiger partial charge in [0.2, 0.25) is 0 Å². The average Bonchev–Trinajstić information content (AvgIpc) is 2.98. The zero-order valence-electron chi connectivity index (χ0n) is 15.8. The molecular weight excluding hydrogens is 394 g/mol. The molecule has 0 aliphatic carbocycles. The first-order chi connectivity index (χ1) is 12.0. The van der Waals surface area contributed by atoms with Crippen molar-refractivity contribution < 1.29 is 4.79 Å². The van der Waals surface area contributed by atoms with Crippen molar-refractivity contribution >= 4 is 22.9 Å². The van der Waals surface area contributed by atoms with Crippen LogP contribution < -0.4 is 0 Å². The Morgan fingerprint density at radius 1 is 1.19 bits per heavy atom. The zero-order valence-corrected chi connectivity index (χ0v) is 17.5. The minimum atomic E-state index is 0. The van der Waals surface area contributed by atoms with E-state index in [0.29, 0.717) is 5.56 Å². The smallest absolute Gasteiger partial charge is 0.255 e. The summed E-state index contributed by atoms with van der Waals surface area (Å²) in [5, 5.41) is 4.42. The molecule has 26 heavy (non-hydrogen) atoms. The van der Waals surface area contributed by atoms with Gasteiger partial charge in [0.05, 0.1) is 11.3 Å². The maximum Gasteiger partial charge on any atom is 0.255 e. The Kier molecular flexibility index (Phi) is 7.34. The Labute approximate surface area is 166 Å². The van der Waals surface area contributed by atoms with Crippen molar-refractivity contribution in [3.05, 3.63) is 41.3 Å². The highest BCUT2D eigenvalue weighted by atomic mass is 79.9. The summed E-state index contributed by atoms with van der Waals surface area (Å²) in [6.07, 6.45) is 5.52. The highest BCUT2D eigenvalue weighted by Gasteiger charge is 2.15. The molecule has 0 spiro atoms. The van der Waals surface area contributed by atoms with Gasteiger partial charge < -0.3 is 9.80 Å². The van der Waals surface area contributed by atoms with Crippen molar-refractivity contribution in [3.8, 4) is 5.82 Å². The van der Waals surface area contributed by atoms with Gasteiger partial charge in [-0.25, -0.2) is 9.67 Å². The standard InChI is InChI=1S/C19H27N5O.BrH/c1-15-13-16(2)24(21-15)18-8-7-17(14-20-18)19(25)22(3)11-12-23-9-5-4-6-10-23;/h7-8,13-14H,4-6,9-12H2,1-3H3;1H. The maximum absolute atomic E-state index is 12.6. The Hall–Kier alpha value is -1.73. The molecule has 142 valence electrons. The number of carbonyl (C=O) groups is 1. The number of carbonyl (C=O) groups excluding carboxylic acids is 1. The van der Waals surface area contributed by atoms with Crippen LogP contribution in [0.1, 0.15) is 41.0 Å². The predicted molar refractivity (Wildman–Crippen MR) is 108 cm³/mol. The monoisotopic (exact) mass is 421 g/mol. The van der Waals surface area contributed by atoms with Crippen molar-refractivity contribution in [1.29, 1.82) is 0 Å². The molecule has 6 nitrogen and oxygen atoms in total. The Bertz CT molecular complexity index is 722. The molecule has 3 rings (SSSR count). The summed E-state index contributed by atoms with van der Waals surface area (Å²) >= 11 is 0. The molecule has 0 bridgehead atoms. The molecule has 0 atom stereocenters. The van der Waals surface area contributed by atoms with Gasteiger partial charge in [0, 0.05) is 32.0 Å². The Morgan fingerprint density at radius 2 is 1.92 bits per heavy atom. The third-order valence-electron chi connectivity index (χ3n) is 4.77. The third kappa shape index (κ3) is 4.92. The van der Waals surface area contributed by atoms with E-state index < -0.39 is 0 Å². The number of nitrogens with zero attached hydrogens (tertiary/aromatic N) is 5. The molecule has 2 aromatic rings. The number of halogens is 1. The van der Waals surface area contributed by atoms with Crippen LogP contribution in [0.4, 0.5) is 0 Å². The fourth-order valence-electron chi connectivity index (χ4n) is 3.30. The summed E-state index contributed by atoms with van der Waals surface area (Å²) in [5.41, 5.74) is 2.60. The minimum Gasteiger partial charge on any atom is -0.340 e. The van der Waals surface area contributed by atoms with E-state index in [-0.39, 0.29) is 22.9 Å². The molecule has 1 fully saturated rings. The lowest BCUT2D eigenvalue weighted by molar-refractivity contribution is 0.0772. The quantitative estimate of drug-likeness (QED) is 0.744. The van der Waals surface area contributed by atoms with Gasteiger partial charge >= 0.3 is 0 Å². The summed E-state index contributed by atoms with van der Waals surface area (Å²) in [6, 6.07) is 5.69. The SMILES string of the molecule is Br.Cc1cc(C)n(-c2ccc(C(=O)N(C)CCN3CCCCC3)cn2)n1. The van der Waals surface area contributed by atoms with Gasteiger partial charge in [-0.05, 0) is 58.0 Å². The van der Waals surface area contributed by atoms with Crippen LogP contribution in [-0.4, -0.2) is 63.7 Å². The molecule has 0 aromatic carbocycles. The first-order valence-corrected chi connectivity index (χ1v) is 9.02. The molecule has 0 radical (unpaired) electrons. The number of hydrogen-bond donors (Lipinski definition) is 0. The Balaban J connectivity index is 0.00000243. The van der Waals surface area contributed by atoms with E-state index in [4.69, 9.17) is 0 Å². The van der Waals surface area contributed by atoms with E-state index >= 15 is 0 Å². The predicted octanol–water partition coefficient (Wildman–Crippen LogP) is 3.02. The first-order valence-electron chi connectivity index (χ1n) is 9.02. The Morgan fingerprint density at radius 3 is 2.50 bits per heavy atom. The lowest BCUT2D eigenvalue weighted by Crippen LogP contribution is -2.38. The van der Waals surface area contributed by atoms with Crippen LogP contribution in [0.3, 0.4) is 0 Å². The largest absolute Gasteiger partial charge is 0.340 e. The third-order valence-corrected chi connectivity index (χ3v) is 4.77. The number of aromatic nitrogens is 3. The number of amides is 1. The van der Waals surface area contributed by atoms with Gasteiger partial charge in [0.1, 0.15) is 0 Å². The highest BCUT2D eigenvalue weighted by molar-refractivity contribution is 8.93. The molecule has 7 heteroatoms. The fourth-order valence-corrected chi connectivity index (χ4v) is 3.30. The molecule has 0 saturated carbocycles. The molecule has 0 N–H and O–H groups in total. The normalized spacial score (nSPS) is 14.7. The number of aryl methyl sites for hydroxylation is 2. The molecule has 0 unspecified atom stereocenters. The van der Waals surface area contributed by atoms with Gasteiger partial charge in [0.25, 0.3) is 5.91 Å². The van der Waals surface area contributed by atoms with Gasteiger partial charge in [0.15, 0.2) is 5.82 Å². The second kappa shape index (κ2) is 9.28. The van der Waals surface area contributed by atoms with Gasteiger partial charge in [-0.1, -0.05) is 6.42 Å². The number of hydrogen-bond acceptors (Lipinski definition) is 4. The number of pyridine rings is 1. The molecular formula is C19H28BrN5O. The minimum absolute atomic E-state index is 0. The van der Waals surface area contributed by atoms with E-state index in [1.54, 1.807) is 15.8 Å². The molecule has 3 heterocycles. The second-order valence-electron chi connectivity index (χ2n) is 6.87. The van der Waals surface area contributed by atoms with Gasteiger partial charge in [-0.3, -0.25) is 4.79 Å². The summed E-state index contributed by atoms with van der Waals surface area (Å²) in [4.78, 5) is 21.2. The lowest BCUT2D eigenvalue weighted by Gasteiger charge is -2.28. The molecule has 1 aliphatic rings. The first kappa shape index (κ1) is 20.6. The maximum atomic E-state index is 12.6. The van der Waals surface area contributed by atoms with E-state index in [1.165, 1.54) is 19.3 Å². The van der Waals surface area contributed by atoms with Gasteiger partial charge in [-0.15, -0.1) is 17.0 Å². The number of piperidine rings is 1. The summed E-state index contributed by atoms with van der Waals surface area (Å²) in [6.45, 7) is 7.95. The van der Waals surface area contributed by atoms with Crippen molar-refractivity contribution in [1.82, 2.24) is 24.6 Å². The van der Waals surface area contributed by atoms with Crippen LogP contribution in [0.15, 0.2) is 24.4 Å². The van der Waals surface area contributed by atoms with Crippen LogP contribution in [0.2, 0.25) is 0 Å². The van der Waals surface area contributed by atoms with Crippen LogP contribution in [0, 0.1) is 13.8 Å². The van der Waals surface area contributed by atoms with E-state index in [9.17, 15) is 4.79 Å². The summed E-state index contributed by atoms with van der Waals surface area (Å²) < 4.78 is 1.80. The van der Waals surface area contributed by atoms with Crippen molar-refractivity contribution in [2.45, 2.75) is 33.1 Å². The average molecular weight is 422 g/mol. The highest BCUT2D eigenvalue weighted by Crippen LogP contribution is 2.12. The van der Waals surface area contributed by atoms with Crippen molar-refractivity contribution in [2.75, 3.05) is 33.2 Å².